The van der Waals surface area contributed by atoms with Gasteiger partial charge >= 0.3 is 12.1 Å². The fraction of sp³-hybridized carbons (Fsp3) is 0.222. The van der Waals surface area contributed by atoms with Gasteiger partial charge in [-0.3, -0.25) is 4.79 Å². The molecule has 0 fully saturated rings. The van der Waals surface area contributed by atoms with Crippen LogP contribution in [0, 0.1) is 0 Å². The van der Waals surface area contributed by atoms with Crippen molar-refractivity contribution >= 4 is 18.0 Å². The molecule has 0 bridgehead atoms. The Hall–Kier alpha value is -2.51. The third-order valence-electron chi connectivity index (χ3n) is 1.70. The van der Waals surface area contributed by atoms with E-state index in [9.17, 15) is 14.4 Å². The largest absolute Gasteiger partial charge is 0.478 e. The van der Waals surface area contributed by atoms with E-state index in [0.29, 0.717) is 0 Å². The zero-order valence-corrected chi connectivity index (χ0v) is 8.63. The Balaban J connectivity index is 2.41. The second-order valence-electron chi connectivity index (χ2n) is 2.93. The fourth-order valence-corrected chi connectivity index (χ4v) is 0.971. The summed E-state index contributed by atoms with van der Waals surface area (Å²) in [4.78, 5) is 32.1. The van der Waals surface area contributed by atoms with Gasteiger partial charge in [-0.1, -0.05) is 0 Å². The molecular weight excluding hydrogens is 232 g/mol. The third kappa shape index (κ3) is 3.86. The number of carbonyl (C=O) groups excluding carboxylic acids is 2. The van der Waals surface area contributed by atoms with Crippen LogP contribution in [0.1, 0.15) is 20.9 Å². The number of nitrogens with two attached hydrogens (primary N) is 1. The Morgan fingerprint density at radius 3 is 2.71 bits per heavy atom. The van der Waals surface area contributed by atoms with Crippen LogP contribution in [-0.2, 0) is 4.74 Å². The molecule has 1 aromatic rings. The van der Waals surface area contributed by atoms with Crippen LogP contribution in [0.15, 0.2) is 16.7 Å². The summed E-state index contributed by atoms with van der Waals surface area (Å²) in [5.74, 6) is -1.93. The molecule has 8 heteroatoms. The van der Waals surface area contributed by atoms with Crippen molar-refractivity contribution in [1.29, 1.82) is 0 Å². The maximum atomic E-state index is 11.4. The molecule has 92 valence electrons. The fourth-order valence-electron chi connectivity index (χ4n) is 0.971. The first-order valence-electron chi connectivity index (χ1n) is 4.53. The zero-order chi connectivity index (χ0) is 12.8. The highest BCUT2D eigenvalue weighted by molar-refractivity contribution is 5.95. The second kappa shape index (κ2) is 5.54. The Morgan fingerprint density at radius 2 is 2.18 bits per heavy atom. The molecule has 0 aliphatic rings. The molecule has 1 rings (SSSR count). The normalized spacial score (nSPS) is 9.65. The van der Waals surface area contributed by atoms with Crippen molar-refractivity contribution in [3.8, 4) is 0 Å². The van der Waals surface area contributed by atoms with Gasteiger partial charge in [0.2, 0.25) is 0 Å². The van der Waals surface area contributed by atoms with Crippen molar-refractivity contribution in [2.75, 3.05) is 13.2 Å². The van der Waals surface area contributed by atoms with Gasteiger partial charge in [0, 0.05) is 6.07 Å². The van der Waals surface area contributed by atoms with Gasteiger partial charge < -0.3 is 25.3 Å². The number of hydrogen-bond acceptors (Lipinski definition) is 5. The van der Waals surface area contributed by atoms with Crippen LogP contribution in [0.2, 0.25) is 0 Å². The van der Waals surface area contributed by atoms with Crippen molar-refractivity contribution in [2.24, 2.45) is 5.73 Å². The van der Waals surface area contributed by atoms with Crippen molar-refractivity contribution < 1.29 is 28.6 Å². The highest BCUT2D eigenvalue weighted by Gasteiger charge is 2.14. The van der Waals surface area contributed by atoms with E-state index in [0.717, 1.165) is 12.3 Å². The minimum atomic E-state index is -1.19. The van der Waals surface area contributed by atoms with Crippen LogP contribution in [0.3, 0.4) is 0 Å². The molecule has 0 aliphatic heterocycles. The summed E-state index contributed by atoms with van der Waals surface area (Å²) in [5, 5.41) is 10.9. The Morgan fingerprint density at radius 1 is 1.47 bits per heavy atom. The molecule has 0 saturated heterocycles. The average molecular weight is 242 g/mol. The lowest BCUT2D eigenvalue weighted by Gasteiger charge is -2.02. The number of primary amides is 1. The second-order valence-corrected chi connectivity index (χ2v) is 2.93. The lowest BCUT2D eigenvalue weighted by atomic mass is 10.3. The molecule has 8 nitrogen and oxygen atoms in total. The molecule has 0 aliphatic carbocycles. The van der Waals surface area contributed by atoms with Gasteiger partial charge in [-0.15, -0.1) is 0 Å². The molecule has 0 saturated carbocycles. The van der Waals surface area contributed by atoms with E-state index < -0.39 is 18.0 Å². The predicted molar refractivity (Wildman–Crippen MR) is 53.5 cm³/mol. The third-order valence-corrected chi connectivity index (χ3v) is 1.70. The van der Waals surface area contributed by atoms with Gasteiger partial charge in [0.05, 0.1) is 12.1 Å². The highest BCUT2D eigenvalue weighted by Crippen LogP contribution is 2.07. The molecule has 2 amide bonds. The van der Waals surface area contributed by atoms with Crippen LogP contribution < -0.4 is 11.1 Å². The van der Waals surface area contributed by atoms with Gasteiger partial charge in [-0.25, -0.2) is 9.59 Å². The summed E-state index contributed by atoms with van der Waals surface area (Å²) in [6.45, 7) is -0.0293. The smallest absolute Gasteiger partial charge is 0.404 e. The van der Waals surface area contributed by atoms with E-state index >= 15 is 0 Å². The molecule has 1 aromatic heterocycles. The summed E-state index contributed by atoms with van der Waals surface area (Å²) in [6, 6.07) is 1.09. The lowest BCUT2D eigenvalue weighted by Crippen LogP contribution is -2.28. The van der Waals surface area contributed by atoms with Gasteiger partial charge in [0.25, 0.3) is 5.91 Å². The van der Waals surface area contributed by atoms with Crippen LogP contribution >= 0.6 is 0 Å². The lowest BCUT2D eigenvalue weighted by molar-refractivity contribution is 0.0695. The molecule has 1 heterocycles. The Bertz CT molecular complexity index is 438. The highest BCUT2D eigenvalue weighted by atomic mass is 16.5. The Kier molecular flexibility index (Phi) is 4.09. The number of nitrogens with one attached hydrogen (secondary N) is 1. The standard InChI is InChI=1S/C9H10N2O6/c10-9(15)16-2-1-11-7(12)6-3-5(4-17-6)8(13)14/h3-4H,1-2H2,(H2,10,15)(H,11,12)(H,13,14). The van der Waals surface area contributed by atoms with Gasteiger partial charge in [0.15, 0.2) is 5.76 Å². The number of ether oxygens (including phenoxy) is 1. The van der Waals surface area contributed by atoms with E-state index in [-0.39, 0.29) is 24.5 Å². The quantitative estimate of drug-likeness (QED) is 0.612. The van der Waals surface area contributed by atoms with E-state index in [2.05, 4.69) is 10.1 Å². The van der Waals surface area contributed by atoms with E-state index in [1.54, 1.807) is 0 Å². The summed E-state index contributed by atoms with van der Waals surface area (Å²) < 4.78 is 9.11. The summed E-state index contributed by atoms with van der Waals surface area (Å²) in [6.07, 6.45) is 0.0161. The zero-order valence-electron chi connectivity index (χ0n) is 8.63. The molecule has 0 unspecified atom stereocenters. The maximum absolute atomic E-state index is 11.4. The summed E-state index contributed by atoms with van der Waals surface area (Å²) in [7, 11) is 0. The van der Waals surface area contributed by atoms with Crippen LogP contribution in [0.25, 0.3) is 0 Å². The molecule has 0 spiro atoms. The first-order valence-corrected chi connectivity index (χ1v) is 4.53. The first kappa shape index (κ1) is 12.6. The number of hydrogen-bond donors (Lipinski definition) is 3. The molecule has 17 heavy (non-hydrogen) atoms. The SMILES string of the molecule is NC(=O)OCCNC(=O)c1cc(C(=O)O)co1. The van der Waals surface area contributed by atoms with Crippen LogP contribution in [0.4, 0.5) is 4.79 Å². The van der Waals surface area contributed by atoms with Gasteiger partial charge in [0.1, 0.15) is 12.9 Å². The number of furan rings is 1. The predicted octanol–water partition coefficient (Wildman–Crippen LogP) is -0.197. The van der Waals surface area contributed by atoms with Crippen molar-refractivity contribution in [1.82, 2.24) is 5.32 Å². The number of amides is 2. The minimum absolute atomic E-state index is 0.0465. The molecule has 0 radical (unpaired) electrons. The van der Waals surface area contributed by atoms with Gasteiger partial charge in [-0.2, -0.15) is 0 Å². The van der Waals surface area contributed by atoms with Crippen molar-refractivity contribution in [3.05, 3.63) is 23.7 Å². The number of carboxylic acids is 1. The van der Waals surface area contributed by atoms with E-state index in [1.165, 1.54) is 0 Å². The van der Waals surface area contributed by atoms with Gasteiger partial charge in [-0.05, 0) is 0 Å². The van der Waals surface area contributed by atoms with E-state index in [4.69, 9.17) is 15.3 Å². The van der Waals surface area contributed by atoms with E-state index in [1.807, 2.05) is 0 Å². The Labute approximate surface area is 95.3 Å². The van der Waals surface area contributed by atoms with Crippen LogP contribution in [-0.4, -0.2) is 36.2 Å². The van der Waals surface area contributed by atoms with Crippen molar-refractivity contribution in [3.63, 3.8) is 0 Å². The number of aromatic carboxylic acids is 1. The number of rotatable bonds is 5. The van der Waals surface area contributed by atoms with Crippen molar-refractivity contribution in [2.45, 2.75) is 0 Å². The molecule has 0 aromatic carbocycles. The number of carbonyl (C=O) groups is 3. The molecular formula is C9H10N2O6. The maximum Gasteiger partial charge on any atom is 0.404 e. The number of carboxylic acid groups (broad SMARTS) is 1. The molecule has 0 atom stereocenters. The molecule has 4 N–H and O–H groups in total. The minimum Gasteiger partial charge on any atom is -0.478 e. The monoisotopic (exact) mass is 242 g/mol. The topological polar surface area (TPSA) is 132 Å². The van der Waals surface area contributed by atoms with Crippen LogP contribution in [0.5, 0.6) is 0 Å². The average Bonchev–Trinajstić information content (AvgIpc) is 2.73. The summed E-state index contributed by atoms with van der Waals surface area (Å²) >= 11 is 0. The first-order chi connectivity index (χ1) is 8.00. The summed E-state index contributed by atoms with van der Waals surface area (Å²) in [5.41, 5.74) is 4.58.